The van der Waals surface area contributed by atoms with Crippen LogP contribution in [0.25, 0.3) is 11.0 Å². The highest BCUT2D eigenvalue weighted by Crippen LogP contribution is 2.28. The molecule has 1 amide bonds. The first-order valence-electron chi connectivity index (χ1n) is 8.86. The molecule has 2 heterocycles. The van der Waals surface area contributed by atoms with Crippen molar-refractivity contribution in [1.82, 2.24) is 0 Å². The summed E-state index contributed by atoms with van der Waals surface area (Å²) in [7, 11) is 2.03. The Morgan fingerprint density at radius 3 is 2.58 bits per heavy atom. The molecule has 5 nitrogen and oxygen atoms in total. The quantitative estimate of drug-likeness (QED) is 0.719. The Hall–Kier alpha value is -2.92. The molecule has 1 aliphatic rings. The van der Waals surface area contributed by atoms with Gasteiger partial charge in [0.25, 0.3) is 5.78 Å². The number of furan rings is 1. The summed E-state index contributed by atoms with van der Waals surface area (Å²) in [5.74, 6) is 0.115. The van der Waals surface area contributed by atoms with Gasteiger partial charge in [0, 0.05) is 11.8 Å². The van der Waals surface area contributed by atoms with Crippen molar-refractivity contribution in [3.63, 3.8) is 0 Å². The van der Waals surface area contributed by atoms with Gasteiger partial charge in [0.2, 0.25) is 0 Å². The number of quaternary nitrogens is 1. The fraction of sp³-hybridized carbons (Fsp3) is 0.238. The fourth-order valence-electron chi connectivity index (χ4n) is 3.66. The summed E-state index contributed by atoms with van der Waals surface area (Å²) in [5.41, 5.74) is 3.26. The van der Waals surface area contributed by atoms with Crippen LogP contribution in [0, 0.1) is 0 Å². The Morgan fingerprint density at radius 1 is 1.04 bits per heavy atom. The van der Waals surface area contributed by atoms with Crippen LogP contribution in [0.15, 0.2) is 52.9 Å². The van der Waals surface area contributed by atoms with E-state index in [1.165, 1.54) is 5.56 Å². The van der Waals surface area contributed by atoms with Gasteiger partial charge in [0.15, 0.2) is 6.67 Å². The van der Waals surface area contributed by atoms with Crippen molar-refractivity contribution >= 4 is 28.3 Å². The summed E-state index contributed by atoms with van der Waals surface area (Å²) in [6, 6.07) is 15.2. The predicted octanol–water partition coefficient (Wildman–Crippen LogP) is 2.20. The minimum atomic E-state index is -0.446. The maximum Gasteiger partial charge on any atom is 0.303 e. The van der Waals surface area contributed by atoms with E-state index in [0.29, 0.717) is 17.9 Å². The second-order valence-electron chi connectivity index (χ2n) is 6.72. The normalized spacial score (nSPS) is 14.9. The van der Waals surface area contributed by atoms with Gasteiger partial charge in [-0.05, 0) is 18.2 Å². The highest BCUT2D eigenvalue weighted by molar-refractivity contribution is 6.52. The predicted molar refractivity (Wildman–Crippen MR) is 99.3 cm³/mol. The molecule has 0 radical (unpaired) electrons. The van der Waals surface area contributed by atoms with Crippen LogP contribution < -0.4 is 9.80 Å². The molecule has 4 rings (SSSR count). The number of amides is 1. The van der Waals surface area contributed by atoms with Gasteiger partial charge in [-0.2, -0.15) is 0 Å². The van der Waals surface area contributed by atoms with Crippen molar-refractivity contribution in [2.75, 3.05) is 18.6 Å². The lowest BCUT2D eigenvalue weighted by Gasteiger charge is -2.21. The largest absolute Gasteiger partial charge is 0.461 e. The topological polar surface area (TPSA) is 55.0 Å². The van der Waals surface area contributed by atoms with Crippen LogP contribution in [0.5, 0.6) is 0 Å². The minimum Gasteiger partial charge on any atom is -0.461 e. The van der Waals surface area contributed by atoms with Crippen LogP contribution in [0.2, 0.25) is 0 Å². The molecule has 1 aromatic heterocycles. The standard InChI is InChI=1S/C21H20N2O3/c1-3-18-16(14-8-5-7-11-19(14)26-18)12-22(2)13-23-17-10-6-4-9-15(17)20(24)21(23)25/h4-11H,3,12-13H2,1-2H3/p+1. The lowest BCUT2D eigenvalue weighted by Crippen LogP contribution is -3.09. The van der Waals surface area contributed by atoms with Crippen molar-refractivity contribution in [3.8, 4) is 0 Å². The molecule has 1 unspecified atom stereocenters. The molecular formula is C21H21N2O3+. The van der Waals surface area contributed by atoms with Gasteiger partial charge >= 0.3 is 5.91 Å². The number of aryl methyl sites for hydroxylation is 1. The van der Waals surface area contributed by atoms with E-state index in [9.17, 15) is 9.59 Å². The van der Waals surface area contributed by atoms with Gasteiger partial charge in [-0.25, -0.2) is 0 Å². The van der Waals surface area contributed by atoms with Crippen molar-refractivity contribution in [1.29, 1.82) is 0 Å². The molecule has 26 heavy (non-hydrogen) atoms. The van der Waals surface area contributed by atoms with E-state index in [2.05, 4.69) is 13.0 Å². The zero-order valence-electron chi connectivity index (χ0n) is 14.9. The number of ketones is 1. The SMILES string of the molecule is CCc1oc2ccccc2c1C[NH+](C)CN1C(=O)C(=O)c2ccccc21. The molecule has 0 bridgehead atoms. The maximum atomic E-state index is 12.4. The van der Waals surface area contributed by atoms with Gasteiger partial charge in [-0.1, -0.05) is 37.3 Å². The monoisotopic (exact) mass is 349 g/mol. The smallest absolute Gasteiger partial charge is 0.303 e. The number of rotatable bonds is 5. The molecule has 0 aliphatic carbocycles. The summed E-state index contributed by atoms with van der Waals surface area (Å²) in [4.78, 5) is 27.2. The number of hydrogen-bond donors (Lipinski definition) is 1. The number of anilines is 1. The highest BCUT2D eigenvalue weighted by Gasteiger charge is 2.37. The van der Waals surface area contributed by atoms with Gasteiger partial charge < -0.3 is 9.32 Å². The maximum absolute atomic E-state index is 12.4. The van der Waals surface area contributed by atoms with Gasteiger partial charge in [-0.15, -0.1) is 0 Å². The van der Waals surface area contributed by atoms with Gasteiger partial charge in [0.05, 0.1) is 23.9 Å². The molecule has 0 spiro atoms. The number of hydrogen-bond acceptors (Lipinski definition) is 3. The number of carbonyl (C=O) groups excluding carboxylic acids is 2. The van der Waals surface area contributed by atoms with Crippen molar-refractivity contribution in [3.05, 3.63) is 65.4 Å². The van der Waals surface area contributed by atoms with Crippen molar-refractivity contribution in [2.45, 2.75) is 19.9 Å². The van der Waals surface area contributed by atoms with E-state index < -0.39 is 11.7 Å². The van der Waals surface area contributed by atoms with E-state index in [1.54, 1.807) is 17.0 Å². The van der Waals surface area contributed by atoms with Crippen LogP contribution in [0.4, 0.5) is 5.69 Å². The van der Waals surface area contributed by atoms with Crippen LogP contribution in [-0.2, 0) is 17.8 Å². The third kappa shape index (κ3) is 2.61. The summed E-state index contributed by atoms with van der Waals surface area (Å²) >= 11 is 0. The Bertz CT molecular complexity index is 1010. The third-order valence-corrected chi connectivity index (χ3v) is 4.89. The van der Waals surface area contributed by atoms with Crippen LogP contribution in [0.3, 0.4) is 0 Å². The number of nitrogens with zero attached hydrogens (tertiary/aromatic N) is 1. The van der Waals surface area contributed by atoms with E-state index in [0.717, 1.165) is 34.6 Å². The molecule has 0 saturated carbocycles. The van der Waals surface area contributed by atoms with E-state index in [1.807, 2.05) is 37.4 Å². The first-order valence-corrected chi connectivity index (χ1v) is 8.86. The molecule has 5 heteroatoms. The molecule has 1 atom stereocenters. The first-order chi connectivity index (χ1) is 12.6. The van der Waals surface area contributed by atoms with Crippen LogP contribution in [0.1, 0.15) is 28.6 Å². The molecule has 3 aromatic rings. The van der Waals surface area contributed by atoms with E-state index in [-0.39, 0.29) is 0 Å². The van der Waals surface area contributed by atoms with Crippen LogP contribution in [-0.4, -0.2) is 25.4 Å². The average Bonchev–Trinajstić information content (AvgIpc) is 3.13. The average molecular weight is 349 g/mol. The number of Topliss-reactive ketones (excluding diaryl/α,β-unsaturated/α-hetero) is 1. The van der Waals surface area contributed by atoms with Crippen LogP contribution >= 0.6 is 0 Å². The Morgan fingerprint density at radius 2 is 1.77 bits per heavy atom. The molecule has 1 N–H and O–H groups in total. The summed E-state index contributed by atoms with van der Waals surface area (Å²) < 4.78 is 5.97. The Balaban J connectivity index is 1.60. The number of para-hydroxylation sites is 2. The van der Waals surface area contributed by atoms with Crippen molar-refractivity contribution < 1.29 is 18.9 Å². The Kier molecular flexibility index (Phi) is 4.09. The molecule has 132 valence electrons. The molecule has 0 fully saturated rings. The summed E-state index contributed by atoms with van der Waals surface area (Å²) in [5, 5.41) is 1.12. The third-order valence-electron chi connectivity index (χ3n) is 4.89. The minimum absolute atomic E-state index is 0.420. The number of benzene rings is 2. The fourth-order valence-corrected chi connectivity index (χ4v) is 3.66. The molecule has 2 aromatic carbocycles. The highest BCUT2D eigenvalue weighted by atomic mass is 16.3. The summed E-state index contributed by atoms with van der Waals surface area (Å²) in [6.07, 6.45) is 0.821. The van der Waals surface area contributed by atoms with Gasteiger partial charge in [-0.3, -0.25) is 14.5 Å². The molecule has 0 saturated heterocycles. The number of fused-ring (bicyclic) bond motifs is 2. The van der Waals surface area contributed by atoms with E-state index in [4.69, 9.17) is 4.42 Å². The first kappa shape index (κ1) is 16.5. The number of carbonyl (C=O) groups is 2. The van der Waals surface area contributed by atoms with Gasteiger partial charge in [0.1, 0.15) is 17.9 Å². The second kappa shape index (κ2) is 6.42. The zero-order valence-corrected chi connectivity index (χ0v) is 14.9. The molecule has 1 aliphatic heterocycles. The van der Waals surface area contributed by atoms with E-state index >= 15 is 0 Å². The summed E-state index contributed by atoms with van der Waals surface area (Å²) in [6.45, 7) is 3.24. The number of nitrogens with one attached hydrogen (secondary N) is 1. The lowest BCUT2D eigenvalue weighted by molar-refractivity contribution is -0.892. The Labute approximate surface area is 151 Å². The zero-order chi connectivity index (χ0) is 18.3. The second-order valence-corrected chi connectivity index (χ2v) is 6.72. The lowest BCUT2D eigenvalue weighted by atomic mass is 10.1. The molecular weight excluding hydrogens is 328 g/mol. The van der Waals surface area contributed by atoms with Crippen molar-refractivity contribution in [2.24, 2.45) is 0 Å².